The lowest BCUT2D eigenvalue weighted by Crippen LogP contribution is -2.46. The third-order valence-corrected chi connectivity index (χ3v) is 3.73. The van der Waals surface area contributed by atoms with Gasteiger partial charge in [-0.15, -0.1) is 0 Å². The molecule has 2 amide bonds. The van der Waals surface area contributed by atoms with Crippen LogP contribution in [-0.2, 0) is 7.05 Å². The van der Waals surface area contributed by atoms with Crippen molar-refractivity contribution in [2.45, 2.75) is 6.04 Å². The van der Waals surface area contributed by atoms with Crippen molar-refractivity contribution in [3.63, 3.8) is 0 Å². The molecule has 2 aromatic rings. The third-order valence-electron chi connectivity index (χ3n) is 3.03. The first kappa shape index (κ1) is 11.7. The fourth-order valence-electron chi connectivity index (χ4n) is 2.09. The van der Waals surface area contributed by atoms with Crippen LogP contribution in [0.4, 0.5) is 10.6 Å². The SMILES string of the molecule is Cn1c2c(c(=O)[nH]c1=O)[C@@H](c1ccsc1)NC(=O)N2. The number of anilines is 1. The van der Waals surface area contributed by atoms with E-state index in [1.165, 1.54) is 23.0 Å². The summed E-state index contributed by atoms with van der Waals surface area (Å²) in [7, 11) is 1.49. The lowest BCUT2D eigenvalue weighted by Gasteiger charge is -2.26. The number of thiophene rings is 1. The number of aromatic amines is 1. The first-order valence-corrected chi connectivity index (χ1v) is 6.45. The van der Waals surface area contributed by atoms with E-state index in [1.54, 1.807) is 0 Å². The molecule has 8 heteroatoms. The van der Waals surface area contributed by atoms with Crippen molar-refractivity contribution >= 4 is 23.2 Å². The van der Waals surface area contributed by atoms with Gasteiger partial charge in [0.1, 0.15) is 5.82 Å². The van der Waals surface area contributed by atoms with E-state index in [1.807, 2.05) is 16.8 Å². The van der Waals surface area contributed by atoms with Gasteiger partial charge in [0.15, 0.2) is 0 Å². The molecular formula is C11H10N4O3S. The Bertz CT molecular complexity index is 759. The van der Waals surface area contributed by atoms with E-state index in [0.29, 0.717) is 5.56 Å². The molecule has 0 aliphatic carbocycles. The van der Waals surface area contributed by atoms with Crippen LogP contribution in [0, 0.1) is 0 Å². The lowest BCUT2D eigenvalue weighted by atomic mass is 10.0. The molecule has 1 atom stereocenters. The summed E-state index contributed by atoms with van der Waals surface area (Å²) in [5, 5.41) is 8.89. The number of nitrogens with one attached hydrogen (secondary N) is 3. The van der Waals surface area contributed by atoms with E-state index >= 15 is 0 Å². The number of hydrogen-bond donors (Lipinski definition) is 3. The molecule has 98 valence electrons. The quantitative estimate of drug-likeness (QED) is 0.702. The van der Waals surface area contributed by atoms with Gasteiger partial charge in [0.05, 0.1) is 11.6 Å². The normalized spacial score (nSPS) is 17.5. The van der Waals surface area contributed by atoms with E-state index in [-0.39, 0.29) is 5.82 Å². The second-order valence-electron chi connectivity index (χ2n) is 4.17. The maximum atomic E-state index is 12.0. The highest BCUT2D eigenvalue weighted by molar-refractivity contribution is 7.08. The van der Waals surface area contributed by atoms with Crippen LogP contribution in [0.3, 0.4) is 0 Å². The van der Waals surface area contributed by atoms with E-state index in [9.17, 15) is 14.4 Å². The molecule has 0 aromatic carbocycles. The fraction of sp³-hybridized carbons (Fsp3) is 0.182. The standard InChI is InChI=1S/C11H10N4O3S/c1-15-8-6(9(16)14-11(15)18)7(12-10(17)13-8)5-2-3-19-4-5/h2-4,7H,1H3,(H2,12,13,17)(H,14,16,18)/t7-/m1/s1. The van der Waals surface area contributed by atoms with Gasteiger partial charge >= 0.3 is 11.7 Å². The molecule has 0 bridgehead atoms. The highest BCUT2D eigenvalue weighted by Gasteiger charge is 2.30. The van der Waals surface area contributed by atoms with Crippen molar-refractivity contribution in [3.8, 4) is 0 Å². The predicted molar refractivity (Wildman–Crippen MR) is 70.6 cm³/mol. The summed E-state index contributed by atoms with van der Waals surface area (Å²) in [6.45, 7) is 0. The number of urea groups is 1. The number of hydrogen-bond acceptors (Lipinski definition) is 4. The Kier molecular flexibility index (Phi) is 2.53. The van der Waals surface area contributed by atoms with Gasteiger partial charge in [-0.05, 0) is 22.4 Å². The number of aromatic nitrogens is 2. The summed E-state index contributed by atoms with van der Waals surface area (Å²) in [5.41, 5.74) is 0.0853. The van der Waals surface area contributed by atoms with Crippen molar-refractivity contribution in [3.05, 3.63) is 48.8 Å². The summed E-state index contributed by atoms with van der Waals surface area (Å²) in [4.78, 5) is 37.4. The number of nitrogens with zero attached hydrogens (tertiary/aromatic N) is 1. The first-order chi connectivity index (χ1) is 9.08. The smallest absolute Gasteiger partial charge is 0.327 e. The first-order valence-electron chi connectivity index (χ1n) is 5.50. The van der Waals surface area contributed by atoms with Crippen molar-refractivity contribution in [1.82, 2.24) is 14.9 Å². The predicted octanol–water partition coefficient (Wildman–Crippen LogP) is 0.360. The molecule has 0 spiro atoms. The molecule has 3 N–H and O–H groups in total. The van der Waals surface area contributed by atoms with Gasteiger partial charge in [-0.25, -0.2) is 9.59 Å². The largest absolute Gasteiger partial charge is 0.329 e. The van der Waals surface area contributed by atoms with Crippen LogP contribution in [0.1, 0.15) is 17.2 Å². The highest BCUT2D eigenvalue weighted by Crippen LogP contribution is 2.28. The lowest BCUT2D eigenvalue weighted by molar-refractivity contribution is 0.248. The molecular weight excluding hydrogens is 268 g/mol. The van der Waals surface area contributed by atoms with Gasteiger partial charge in [0, 0.05) is 7.05 Å². The number of amides is 2. The molecule has 0 radical (unpaired) electrons. The zero-order chi connectivity index (χ0) is 13.6. The summed E-state index contributed by atoms with van der Waals surface area (Å²) in [6.07, 6.45) is 0. The minimum atomic E-state index is -0.560. The second-order valence-corrected chi connectivity index (χ2v) is 4.95. The zero-order valence-electron chi connectivity index (χ0n) is 9.89. The van der Waals surface area contributed by atoms with Crippen LogP contribution in [-0.4, -0.2) is 15.6 Å². The molecule has 2 aromatic heterocycles. The molecule has 0 saturated carbocycles. The summed E-state index contributed by atoms with van der Waals surface area (Å²) < 4.78 is 1.22. The van der Waals surface area contributed by atoms with Gasteiger partial charge in [0.2, 0.25) is 0 Å². The molecule has 0 unspecified atom stereocenters. The molecule has 19 heavy (non-hydrogen) atoms. The number of rotatable bonds is 1. The molecule has 7 nitrogen and oxygen atoms in total. The van der Waals surface area contributed by atoms with Crippen molar-refractivity contribution in [2.75, 3.05) is 5.32 Å². The minimum absolute atomic E-state index is 0.230. The monoisotopic (exact) mass is 278 g/mol. The van der Waals surface area contributed by atoms with Gasteiger partial charge in [-0.1, -0.05) is 0 Å². The third kappa shape index (κ3) is 1.76. The molecule has 0 fully saturated rings. The van der Waals surface area contributed by atoms with Crippen LogP contribution in [0.2, 0.25) is 0 Å². The van der Waals surface area contributed by atoms with Gasteiger partial charge < -0.3 is 5.32 Å². The maximum Gasteiger partial charge on any atom is 0.329 e. The number of carbonyl (C=O) groups is 1. The minimum Gasteiger partial charge on any atom is -0.327 e. The van der Waals surface area contributed by atoms with Crippen LogP contribution in [0.15, 0.2) is 26.4 Å². The summed E-state index contributed by atoms with van der Waals surface area (Å²) in [5.74, 6) is 0.230. The average Bonchev–Trinajstić information content (AvgIpc) is 2.88. The zero-order valence-corrected chi connectivity index (χ0v) is 10.7. The molecule has 1 aliphatic rings. The Morgan fingerprint density at radius 3 is 2.79 bits per heavy atom. The molecule has 3 heterocycles. The van der Waals surface area contributed by atoms with Crippen LogP contribution < -0.4 is 21.9 Å². The summed E-state index contributed by atoms with van der Waals surface area (Å²) in [6, 6.07) is 0.838. The van der Waals surface area contributed by atoms with E-state index in [2.05, 4.69) is 15.6 Å². The maximum absolute atomic E-state index is 12.0. The number of H-pyrrole nitrogens is 1. The molecule has 3 rings (SSSR count). The van der Waals surface area contributed by atoms with Crippen molar-refractivity contribution in [2.24, 2.45) is 7.05 Å². The number of fused-ring (bicyclic) bond motifs is 1. The topological polar surface area (TPSA) is 96.0 Å². The Hall–Kier alpha value is -2.35. The van der Waals surface area contributed by atoms with Gasteiger partial charge in [-0.3, -0.25) is 19.7 Å². The Balaban J connectivity index is 2.30. The van der Waals surface area contributed by atoms with E-state index in [4.69, 9.17) is 0 Å². The average molecular weight is 278 g/mol. The Labute approximate surface area is 110 Å². The summed E-state index contributed by atoms with van der Waals surface area (Å²) >= 11 is 1.47. The number of carbonyl (C=O) groups excluding carboxylic acids is 1. The van der Waals surface area contributed by atoms with Crippen LogP contribution >= 0.6 is 11.3 Å². The van der Waals surface area contributed by atoms with Crippen molar-refractivity contribution in [1.29, 1.82) is 0 Å². The van der Waals surface area contributed by atoms with Gasteiger partial charge in [-0.2, -0.15) is 11.3 Å². The Morgan fingerprint density at radius 1 is 1.32 bits per heavy atom. The van der Waals surface area contributed by atoms with E-state index < -0.39 is 23.3 Å². The molecule has 1 aliphatic heterocycles. The highest BCUT2D eigenvalue weighted by atomic mass is 32.1. The second kappa shape index (κ2) is 4.09. The van der Waals surface area contributed by atoms with Gasteiger partial charge in [0.25, 0.3) is 5.56 Å². The fourth-order valence-corrected chi connectivity index (χ4v) is 2.78. The van der Waals surface area contributed by atoms with Crippen LogP contribution in [0.5, 0.6) is 0 Å². The Morgan fingerprint density at radius 2 is 2.11 bits per heavy atom. The van der Waals surface area contributed by atoms with E-state index in [0.717, 1.165) is 5.56 Å². The molecule has 0 saturated heterocycles. The van der Waals surface area contributed by atoms with Crippen molar-refractivity contribution < 1.29 is 4.79 Å². The van der Waals surface area contributed by atoms with Crippen LogP contribution in [0.25, 0.3) is 0 Å².